The number of ether oxygens (including phenoxy) is 3. The van der Waals surface area contributed by atoms with Crippen molar-refractivity contribution in [1.82, 2.24) is 24.8 Å². The molecule has 0 aromatic carbocycles. The molecule has 3 heterocycles. The number of aliphatic hydroxyl groups excluding tert-OH is 2. The van der Waals surface area contributed by atoms with Crippen molar-refractivity contribution in [3.8, 4) is 6.07 Å². The van der Waals surface area contributed by atoms with Gasteiger partial charge in [-0.3, -0.25) is 14.2 Å². The van der Waals surface area contributed by atoms with Gasteiger partial charge in [-0.05, 0) is 26.0 Å². The summed E-state index contributed by atoms with van der Waals surface area (Å²) in [7, 11) is -2.07. The number of anilines is 1. The highest BCUT2D eigenvalue weighted by Crippen LogP contribution is 2.45. The number of hydrogen-bond donors (Lipinski definition) is 5. The number of nitriles is 1. The Balaban J connectivity index is 1.88. The van der Waals surface area contributed by atoms with Gasteiger partial charge in [0.15, 0.2) is 5.82 Å². The summed E-state index contributed by atoms with van der Waals surface area (Å²) in [5.41, 5.74) is 4.28. The third-order valence-electron chi connectivity index (χ3n) is 5.74. The maximum atomic E-state index is 13.6. The number of hydrogen-bond acceptors (Lipinski definition) is 13. The average molecular weight is 541 g/mol. The molecule has 6 atom stereocenters. The summed E-state index contributed by atoms with van der Waals surface area (Å²) in [5, 5.41) is 40.4. The number of nitrogens with two attached hydrogens (primary N) is 1. The molecular weight excluding hydrogens is 513 g/mol. The molecule has 2 aromatic rings. The molecule has 0 unspecified atom stereocenters. The molecule has 0 spiro atoms. The molecule has 17 heteroatoms. The molecule has 1 aliphatic heterocycles. The van der Waals surface area contributed by atoms with Gasteiger partial charge in [-0.1, -0.05) is 0 Å². The normalized spacial score (nSPS) is 25.4. The summed E-state index contributed by atoms with van der Waals surface area (Å²) >= 11 is 0. The second-order valence-electron chi connectivity index (χ2n) is 8.25. The summed E-state index contributed by atoms with van der Waals surface area (Å²) in [6, 6.07) is 2.53. The van der Waals surface area contributed by atoms with E-state index < -0.39 is 62.2 Å². The van der Waals surface area contributed by atoms with E-state index in [1.807, 2.05) is 0 Å². The maximum absolute atomic E-state index is 13.6. The number of methoxy groups -OCH3 is 2. The first-order valence-corrected chi connectivity index (χ1v) is 12.5. The molecule has 0 bridgehead atoms. The van der Waals surface area contributed by atoms with Gasteiger partial charge >= 0.3 is 19.6 Å². The molecule has 0 amide bonds. The third kappa shape index (κ3) is 5.58. The second-order valence-corrected chi connectivity index (χ2v) is 10.1. The van der Waals surface area contributed by atoms with Gasteiger partial charge in [0.05, 0.1) is 19.9 Å². The molecular formula is C20H28N7O9P. The van der Waals surface area contributed by atoms with Crippen LogP contribution in [0.5, 0.6) is 0 Å². The minimum absolute atomic E-state index is 0.154. The van der Waals surface area contributed by atoms with Crippen LogP contribution in [0.1, 0.15) is 25.6 Å². The lowest BCUT2D eigenvalue weighted by atomic mass is 9.96. The Labute approximate surface area is 211 Å². The Morgan fingerprint density at radius 1 is 1.27 bits per heavy atom. The highest BCUT2D eigenvalue weighted by molar-refractivity contribution is 7.54. The van der Waals surface area contributed by atoms with E-state index in [4.69, 9.17) is 15.0 Å². The second kappa shape index (κ2) is 11.1. The van der Waals surface area contributed by atoms with E-state index in [0.717, 1.165) is 14.2 Å². The SMILES string of the molecule is COC(=O)[C@H](C)NP(=O)(N[C@@H](C)C(=O)OC)OC[C@@]1(C#N)O[C@@H](c2ccc3c(N)ncnn23)[C@H](O)[C@@H]1O. The number of nitrogens with zero attached hydrogens (tertiary/aromatic N) is 4. The zero-order valence-corrected chi connectivity index (χ0v) is 21.3. The molecule has 0 aliphatic carbocycles. The Morgan fingerprint density at radius 2 is 1.86 bits per heavy atom. The van der Waals surface area contributed by atoms with E-state index >= 15 is 0 Å². The van der Waals surface area contributed by atoms with E-state index in [-0.39, 0.29) is 11.5 Å². The van der Waals surface area contributed by atoms with Gasteiger partial charge in [-0.2, -0.15) is 10.4 Å². The highest BCUT2D eigenvalue weighted by atomic mass is 31.2. The molecule has 16 nitrogen and oxygen atoms in total. The van der Waals surface area contributed by atoms with E-state index in [0.29, 0.717) is 5.52 Å². The van der Waals surface area contributed by atoms with E-state index in [1.165, 1.54) is 30.8 Å². The molecule has 1 fully saturated rings. The van der Waals surface area contributed by atoms with E-state index in [1.54, 1.807) is 12.1 Å². The Hall–Kier alpha value is -3.16. The number of rotatable bonds is 10. The smallest absolute Gasteiger partial charge is 0.342 e. The maximum Gasteiger partial charge on any atom is 0.342 e. The molecule has 0 radical (unpaired) electrons. The van der Waals surface area contributed by atoms with Gasteiger partial charge in [0, 0.05) is 0 Å². The lowest BCUT2D eigenvalue weighted by Gasteiger charge is -2.29. The lowest BCUT2D eigenvalue weighted by Crippen LogP contribution is -2.48. The summed E-state index contributed by atoms with van der Waals surface area (Å²) in [6.07, 6.45) is -3.53. The van der Waals surface area contributed by atoms with Crippen LogP contribution in [0, 0.1) is 11.3 Å². The first kappa shape index (κ1) is 28.4. The quantitative estimate of drug-likeness (QED) is 0.175. The molecule has 1 saturated heterocycles. The number of nitrogen functional groups attached to an aromatic ring is 1. The number of aromatic nitrogens is 3. The molecule has 1 aliphatic rings. The predicted octanol–water partition coefficient (Wildman–Crippen LogP) is -1.21. The topological polar surface area (TPSA) is 233 Å². The molecule has 6 N–H and O–H groups in total. The van der Waals surface area contributed by atoms with Crippen LogP contribution in [0.2, 0.25) is 0 Å². The van der Waals surface area contributed by atoms with Crippen LogP contribution < -0.4 is 15.9 Å². The Kier molecular flexibility index (Phi) is 8.50. The van der Waals surface area contributed by atoms with Gasteiger partial charge in [0.1, 0.15) is 54.9 Å². The van der Waals surface area contributed by atoms with Crippen molar-refractivity contribution in [3.05, 3.63) is 24.2 Å². The number of nitrogens with one attached hydrogen (secondary N) is 2. The van der Waals surface area contributed by atoms with E-state index in [2.05, 4.69) is 29.7 Å². The molecule has 202 valence electrons. The van der Waals surface area contributed by atoms with Crippen LogP contribution >= 0.6 is 7.67 Å². The zero-order chi connectivity index (χ0) is 27.5. The fourth-order valence-corrected chi connectivity index (χ4v) is 5.57. The van der Waals surface area contributed by atoms with Crippen LogP contribution in [-0.2, 0) is 32.9 Å². The summed E-state index contributed by atoms with van der Waals surface area (Å²) in [5.74, 6) is -1.43. The van der Waals surface area contributed by atoms with Crippen molar-refractivity contribution in [2.24, 2.45) is 0 Å². The monoisotopic (exact) mass is 541 g/mol. The van der Waals surface area contributed by atoms with Crippen LogP contribution in [0.15, 0.2) is 18.5 Å². The zero-order valence-electron chi connectivity index (χ0n) is 20.4. The van der Waals surface area contributed by atoms with Gasteiger partial charge in [0.25, 0.3) is 0 Å². The number of carbonyl (C=O) groups excluding carboxylic acids is 2. The van der Waals surface area contributed by atoms with Gasteiger partial charge in [0.2, 0.25) is 5.60 Å². The standard InChI is InChI=1S/C20H28N7O9P/c1-10(18(30)33-3)25-37(32,26-11(2)19(31)34-4)35-8-20(7-21)16(29)14(28)15(36-20)12-5-6-13-17(22)23-9-24-27(12)13/h5-6,9-11,14-16,28-29H,8H2,1-4H3,(H2,22,23,24)(H2,25,26,32)/t10-,11-,14-,15-,16-,20+/m0/s1. The highest BCUT2D eigenvalue weighted by Gasteiger charge is 2.57. The molecule has 0 saturated carbocycles. The van der Waals surface area contributed by atoms with Crippen LogP contribution in [0.25, 0.3) is 5.52 Å². The first-order chi connectivity index (χ1) is 17.4. The fraction of sp³-hybridized carbons (Fsp3) is 0.550. The van der Waals surface area contributed by atoms with Gasteiger partial charge in [-0.25, -0.2) is 19.7 Å². The Bertz CT molecular complexity index is 1220. The minimum atomic E-state index is -4.31. The summed E-state index contributed by atoms with van der Waals surface area (Å²) in [6.45, 7) is 1.81. The number of esters is 2. The van der Waals surface area contributed by atoms with Crippen molar-refractivity contribution < 1.29 is 43.1 Å². The van der Waals surface area contributed by atoms with Crippen molar-refractivity contribution in [3.63, 3.8) is 0 Å². The summed E-state index contributed by atoms with van der Waals surface area (Å²) in [4.78, 5) is 27.7. The average Bonchev–Trinajstić information content (AvgIpc) is 3.42. The fourth-order valence-electron chi connectivity index (χ4n) is 3.74. The van der Waals surface area contributed by atoms with Crippen molar-refractivity contribution >= 4 is 30.9 Å². The third-order valence-corrected chi connectivity index (χ3v) is 7.69. The predicted molar refractivity (Wildman–Crippen MR) is 124 cm³/mol. The number of carbonyl (C=O) groups is 2. The van der Waals surface area contributed by atoms with Crippen LogP contribution in [-0.4, -0.2) is 87.5 Å². The molecule has 3 rings (SSSR count). The van der Waals surface area contributed by atoms with Crippen LogP contribution in [0.4, 0.5) is 5.82 Å². The van der Waals surface area contributed by atoms with Gasteiger partial charge < -0.3 is 34.7 Å². The Morgan fingerprint density at radius 3 is 2.41 bits per heavy atom. The number of aliphatic hydroxyl groups is 2. The van der Waals surface area contributed by atoms with Crippen molar-refractivity contribution in [1.29, 1.82) is 5.26 Å². The summed E-state index contributed by atoms with van der Waals surface area (Å²) < 4.78 is 35.4. The molecule has 2 aromatic heterocycles. The van der Waals surface area contributed by atoms with Crippen molar-refractivity contribution in [2.45, 2.75) is 49.8 Å². The van der Waals surface area contributed by atoms with Gasteiger partial charge in [-0.15, -0.1) is 0 Å². The minimum Gasteiger partial charge on any atom is -0.468 e. The van der Waals surface area contributed by atoms with Crippen molar-refractivity contribution in [2.75, 3.05) is 26.6 Å². The lowest BCUT2D eigenvalue weighted by molar-refractivity contribution is -0.142. The first-order valence-electron chi connectivity index (χ1n) is 10.9. The largest absolute Gasteiger partial charge is 0.468 e. The van der Waals surface area contributed by atoms with Crippen LogP contribution in [0.3, 0.4) is 0 Å². The van der Waals surface area contributed by atoms with E-state index in [9.17, 15) is 29.6 Å². The molecule has 37 heavy (non-hydrogen) atoms. The number of fused-ring (bicyclic) bond motifs is 1.